The van der Waals surface area contributed by atoms with Gasteiger partial charge in [-0.25, -0.2) is 9.79 Å². The van der Waals surface area contributed by atoms with Gasteiger partial charge in [0.25, 0.3) is 0 Å². The second-order valence-electron chi connectivity index (χ2n) is 4.39. The van der Waals surface area contributed by atoms with Gasteiger partial charge in [0.15, 0.2) is 5.94 Å². The van der Waals surface area contributed by atoms with Crippen molar-refractivity contribution in [1.29, 1.82) is 0 Å². The van der Waals surface area contributed by atoms with Gasteiger partial charge in [-0.1, -0.05) is 17.7 Å². The van der Waals surface area contributed by atoms with Crippen molar-refractivity contribution in [1.82, 2.24) is 4.98 Å². The second kappa shape index (κ2) is 5.36. The number of rotatable bonds is 2. The minimum atomic E-state index is 0.108. The molecule has 2 aromatic rings. The number of H-pyrrole nitrogens is 1. The first-order chi connectivity index (χ1) is 10.2. The van der Waals surface area contributed by atoms with Crippen molar-refractivity contribution >= 4 is 40.7 Å². The number of halogens is 1. The summed E-state index contributed by atoms with van der Waals surface area (Å²) in [5, 5.41) is 9.65. The van der Waals surface area contributed by atoms with Crippen LogP contribution in [-0.4, -0.2) is 23.8 Å². The van der Waals surface area contributed by atoms with Crippen LogP contribution in [-0.2, 0) is 4.79 Å². The first kappa shape index (κ1) is 13.3. The lowest BCUT2D eigenvalue weighted by Gasteiger charge is -2.16. The monoisotopic (exact) mass is 301 g/mol. The number of fused-ring (bicyclic) bond motifs is 1. The predicted octanol–water partition coefficient (Wildman–Crippen LogP) is 2.67. The Bertz CT molecular complexity index is 773. The number of hydrogen-bond acceptors (Lipinski definition) is 5. The fourth-order valence-corrected chi connectivity index (χ4v) is 2.23. The lowest BCUT2D eigenvalue weighted by molar-refractivity contribution is 0.567. The summed E-state index contributed by atoms with van der Waals surface area (Å²) >= 11 is 5.97. The van der Waals surface area contributed by atoms with Crippen molar-refractivity contribution in [2.75, 3.05) is 23.0 Å². The molecule has 0 unspecified atom stereocenters. The summed E-state index contributed by atoms with van der Waals surface area (Å²) in [7, 11) is 1.80. The maximum Gasteiger partial charge on any atom is 0.220 e. The molecule has 21 heavy (non-hydrogen) atoms. The van der Waals surface area contributed by atoms with Gasteiger partial charge in [-0.05, 0) is 24.3 Å². The van der Waals surface area contributed by atoms with Crippen LogP contribution in [0, 0.1) is 0 Å². The van der Waals surface area contributed by atoms with Gasteiger partial charge in [0.1, 0.15) is 17.5 Å². The number of aromatic nitrogens is 1. The summed E-state index contributed by atoms with van der Waals surface area (Å²) in [6.45, 7) is 0. The molecule has 0 fully saturated rings. The molecule has 1 aromatic heterocycles. The van der Waals surface area contributed by atoms with E-state index in [1.807, 2.05) is 18.2 Å². The Kier molecular flexibility index (Phi) is 3.39. The molecule has 0 amide bonds. The summed E-state index contributed by atoms with van der Waals surface area (Å²) in [4.78, 5) is 18.2. The van der Waals surface area contributed by atoms with E-state index in [0.717, 1.165) is 17.1 Å². The highest BCUT2D eigenvalue weighted by Crippen LogP contribution is 2.27. The molecule has 0 saturated carbocycles. The van der Waals surface area contributed by atoms with E-state index in [2.05, 4.69) is 25.9 Å². The number of amidine groups is 1. The average molecular weight is 302 g/mol. The molecular weight excluding hydrogens is 290 g/mol. The minimum absolute atomic E-state index is 0.108. The van der Waals surface area contributed by atoms with Crippen LogP contribution in [0.4, 0.5) is 17.3 Å². The van der Waals surface area contributed by atoms with Crippen molar-refractivity contribution in [3.63, 3.8) is 0 Å². The third-order valence-electron chi connectivity index (χ3n) is 2.99. The van der Waals surface area contributed by atoms with Gasteiger partial charge in [-0.15, -0.1) is 0 Å². The molecule has 0 aliphatic carbocycles. The summed E-state index contributed by atoms with van der Waals surface area (Å²) in [5.74, 6) is 3.90. The Morgan fingerprint density at radius 2 is 2.19 bits per heavy atom. The zero-order valence-corrected chi connectivity index (χ0v) is 11.9. The fraction of sp³-hybridized carbons (Fsp3) is 0.0714. The molecular formula is C14H12ClN5O. The molecule has 0 saturated heterocycles. The molecule has 0 bridgehead atoms. The molecule has 0 atom stereocenters. The van der Waals surface area contributed by atoms with Crippen LogP contribution in [0.3, 0.4) is 0 Å². The van der Waals surface area contributed by atoms with Gasteiger partial charge >= 0.3 is 0 Å². The molecule has 1 aliphatic heterocycles. The van der Waals surface area contributed by atoms with E-state index in [0.29, 0.717) is 16.7 Å². The third kappa shape index (κ3) is 2.63. The normalized spacial score (nSPS) is 12.9. The van der Waals surface area contributed by atoms with E-state index >= 15 is 0 Å². The van der Waals surface area contributed by atoms with Gasteiger partial charge in [0.05, 0.1) is 5.56 Å². The highest BCUT2D eigenvalue weighted by Gasteiger charge is 2.20. The smallest absolute Gasteiger partial charge is 0.220 e. The summed E-state index contributed by atoms with van der Waals surface area (Å²) in [5.41, 5.74) is 1.60. The van der Waals surface area contributed by atoms with Crippen LogP contribution in [0.15, 0.2) is 41.1 Å². The van der Waals surface area contributed by atoms with E-state index in [9.17, 15) is 4.79 Å². The molecule has 7 heteroatoms. The summed E-state index contributed by atoms with van der Waals surface area (Å²) < 4.78 is 0. The highest BCUT2D eigenvalue weighted by atomic mass is 35.5. The lowest BCUT2D eigenvalue weighted by Crippen LogP contribution is -2.20. The Balaban J connectivity index is 2.01. The Hall–Kier alpha value is -2.69. The molecule has 2 heterocycles. The number of nitrogens with one attached hydrogen (secondary N) is 4. The quantitative estimate of drug-likeness (QED) is 0.643. The molecule has 106 valence electrons. The molecule has 6 nitrogen and oxygen atoms in total. The average Bonchev–Trinajstić information content (AvgIpc) is 2.90. The van der Waals surface area contributed by atoms with Crippen molar-refractivity contribution in [2.45, 2.75) is 0 Å². The maximum absolute atomic E-state index is 10.9. The van der Waals surface area contributed by atoms with Gasteiger partial charge in [-0.2, -0.15) is 0 Å². The number of carbonyl (C=O) groups excluding carboxylic acids is 1. The van der Waals surface area contributed by atoms with Crippen LogP contribution >= 0.6 is 11.6 Å². The van der Waals surface area contributed by atoms with Crippen LogP contribution in [0.5, 0.6) is 0 Å². The van der Waals surface area contributed by atoms with E-state index in [4.69, 9.17) is 11.6 Å². The van der Waals surface area contributed by atoms with Crippen LogP contribution in [0.1, 0.15) is 5.56 Å². The summed E-state index contributed by atoms with van der Waals surface area (Å²) in [6, 6.07) is 9.16. The van der Waals surface area contributed by atoms with Gasteiger partial charge < -0.3 is 20.9 Å². The zero-order chi connectivity index (χ0) is 14.8. The number of anilines is 3. The molecule has 4 N–H and O–H groups in total. The summed E-state index contributed by atoms with van der Waals surface area (Å²) in [6.07, 6.45) is 0. The van der Waals surface area contributed by atoms with Gasteiger partial charge in [-0.3, -0.25) is 0 Å². The van der Waals surface area contributed by atoms with E-state index in [1.54, 1.807) is 25.1 Å². The third-order valence-corrected chi connectivity index (χ3v) is 3.23. The Labute approximate surface area is 125 Å². The Morgan fingerprint density at radius 1 is 1.33 bits per heavy atom. The first-order valence-electron chi connectivity index (χ1n) is 6.24. The largest absolute Gasteiger partial charge is 0.375 e. The topological polar surface area (TPSA) is 81.3 Å². The number of hydrogen-bond donors (Lipinski definition) is 4. The second-order valence-corrected chi connectivity index (χ2v) is 4.83. The maximum atomic E-state index is 10.9. The van der Waals surface area contributed by atoms with Crippen molar-refractivity contribution < 1.29 is 4.79 Å². The molecule has 3 rings (SSSR count). The van der Waals surface area contributed by atoms with Gasteiger partial charge in [0.2, 0.25) is 5.82 Å². The SMILES string of the molecule is CNc1cc2c([nH]1)NC(=C=O)N=C2Nc1cccc(Cl)c1. The van der Waals surface area contributed by atoms with Crippen LogP contribution < -0.4 is 16.0 Å². The van der Waals surface area contributed by atoms with E-state index < -0.39 is 0 Å². The fourth-order valence-electron chi connectivity index (χ4n) is 2.04. The zero-order valence-electron chi connectivity index (χ0n) is 11.1. The number of aliphatic imine (C=N–C) groups is 1. The molecule has 0 spiro atoms. The van der Waals surface area contributed by atoms with E-state index in [-0.39, 0.29) is 5.82 Å². The van der Waals surface area contributed by atoms with Crippen LogP contribution in [0.25, 0.3) is 0 Å². The van der Waals surface area contributed by atoms with Gasteiger partial charge in [0, 0.05) is 17.8 Å². The number of benzene rings is 1. The van der Waals surface area contributed by atoms with Crippen LogP contribution in [0.2, 0.25) is 5.02 Å². The lowest BCUT2D eigenvalue weighted by atomic mass is 10.2. The Morgan fingerprint density at radius 3 is 2.90 bits per heavy atom. The van der Waals surface area contributed by atoms with Crippen molar-refractivity contribution in [2.24, 2.45) is 4.99 Å². The first-order valence-corrected chi connectivity index (χ1v) is 6.62. The highest BCUT2D eigenvalue weighted by molar-refractivity contribution is 6.31. The minimum Gasteiger partial charge on any atom is -0.375 e. The van der Waals surface area contributed by atoms with E-state index in [1.165, 1.54) is 0 Å². The predicted molar refractivity (Wildman–Crippen MR) is 84.8 cm³/mol. The molecule has 1 aliphatic rings. The number of aromatic amines is 1. The molecule has 0 radical (unpaired) electrons. The standard InChI is InChI=1S/C14H12ClN5O/c1-16-11-6-10-13(17-9-4-2-3-8(15)5-9)19-12(7-21)20-14(10)18-11/h2-6,16,18,20H,1H3,(H,17,19). The molecule has 1 aromatic carbocycles. The van der Waals surface area contributed by atoms with Crippen molar-refractivity contribution in [3.8, 4) is 0 Å². The number of nitrogens with zero attached hydrogens (tertiary/aromatic N) is 1. The van der Waals surface area contributed by atoms with Crippen molar-refractivity contribution in [3.05, 3.63) is 46.7 Å².